The van der Waals surface area contributed by atoms with Crippen molar-refractivity contribution >= 4 is 5.97 Å². The molecule has 0 aliphatic rings. The summed E-state index contributed by atoms with van der Waals surface area (Å²) in [5, 5.41) is 0. The first-order valence-corrected chi connectivity index (χ1v) is 3.76. The molecule has 0 unspecified atom stereocenters. The molecule has 0 aromatic heterocycles. The molecular formula is C7H17FN3+. The summed E-state index contributed by atoms with van der Waals surface area (Å²) in [5.41, 5.74) is 5.08. The molecule has 0 spiro atoms. The summed E-state index contributed by atoms with van der Waals surface area (Å²) in [6, 6.07) is -0.0152. The fourth-order valence-corrected chi connectivity index (χ4v) is 0.648. The highest BCUT2D eigenvalue weighted by molar-refractivity contribution is 5.71. The lowest BCUT2D eigenvalue weighted by molar-refractivity contribution is -0.586. The molecular weight excluding hydrogens is 145 g/mol. The van der Waals surface area contributed by atoms with Gasteiger partial charge in [-0.05, 0) is 0 Å². The van der Waals surface area contributed by atoms with Gasteiger partial charge in [-0.3, -0.25) is 0 Å². The molecule has 1 atom stereocenters. The quantitative estimate of drug-likeness (QED) is 0.270. The molecule has 66 valence electrons. The molecule has 4 N–H and O–H groups in total. The van der Waals surface area contributed by atoms with Crippen LogP contribution in [0.25, 0.3) is 0 Å². The van der Waals surface area contributed by atoms with E-state index in [1.807, 2.05) is 20.8 Å². The van der Waals surface area contributed by atoms with Gasteiger partial charge in [-0.1, -0.05) is 18.5 Å². The number of hydrazone groups is 1. The van der Waals surface area contributed by atoms with E-state index in [1.54, 1.807) is 0 Å². The van der Waals surface area contributed by atoms with Crippen molar-refractivity contribution in [2.45, 2.75) is 26.8 Å². The minimum absolute atomic E-state index is 0.0152. The summed E-state index contributed by atoms with van der Waals surface area (Å²) < 4.78 is 13.8. The van der Waals surface area contributed by atoms with Crippen molar-refractivity contribution in [3.63, 3.8) is 0 Å². The van der Waals surface area contributed by atoms with Crippen LogP contribution in [0.2, 0.25) is 0 Å². The van der Waals surface area contributed by atoms with E-state index in [2.05, 4.69) is 0 Å². The van der Waals surface area contributed by atoms with E-state index >= 15 is 0 Å². The Bertz CT molecular complexity index is 154. The van der Waals surface area contributed by atoms with Crippen molar-refractivity contribution < 1.29 is 9.07 Å². The highest BCUT2D eigenvalue weighted by Crippen LogP contribution is 2.02. The van der Waals surface area contributed by atoms with Crippen molar-refractivity contribution in [3.8, 4) is 0 Å². The molecule has 0 aliphatic heterocycles. The molecule has 0 saturated carbocycles. The van der Waals surface area contributed by atoms with Crippen molar-refractivity contribution in [2.24, 2.45) is 17.5 Å². The molecule has 11 heavy (non-hydrogen) atoms. The number of rotatable bonds is 3. The third kappa shape index (κ3) is 2.84. The predicted molar refractivity (Wildman–Crippen MR) is 43.9 cm³/mol. The van der Waals surface area contributed by atoms with E-state index in [1.165, 1.54) is 0 Å². The summed E-state index contributed by atoms with van der Waals surface area (Å²) in [7, 11) is 0. The van der Waals surface area contributed by atoms with Crippen LogP contribution in [0.15, 0.2) is 0 Å². The number of halogens is 1. The monoisotopic (exact) mass is 162 g/mol. The van der Waals surface area contributed by atoms with E-state index in [-0.39, 0.29) is 12.6 Å². The first-order valence-electron chi connectivity index (χ1n) is 3.76. The largest absolute Gasteiger partial charge is 0.370 e. The lowest BCUT2D eigenvalue weighted by Gasteiger charge is -2.09. The normalized spacial score (nSPS) is 16.5. The first kappa shape index (κ1) is 10.4. The lowest BCUT2D eigenvalue weighted by atomic mass is 10.1. The van der Waals surface area contributed by atoms with Gasteiger partial charge < -0.3 is 5.73 Å². The average Bonchev–Trinajstić information content (AvgIpc) is 2.00. The van der Waals surface area contributed by atoms with Gasteiger partial charge in [0.05, 0.1) is 0 Å². The third-order valence-corrected chi connectivity index (χ3v) is 1.85. The second-order valence-corrected chi connectivity index (χ2v) is 2.97. The fraction of sp³-hybridized carbons (Fsp3) is 0.857. The van der Waals surface area contributed by atoms with Gasteiger partial charge in [0.1, 0.15) is 6.54 Å². The van der Waals surface area contributed by atoms with Crippen LogP contribution in [0.1, 0.15) is 20.8 Å². The van der Waals surface area contributed by atoms with Crippen LogP contribution < -0.4 is 11.6 Å². The summed E-state index contributed by atoms with van der Waals surface area (Å²) in [6.07, 6.45) is 0. The molecule has 0 radical (unpaired) electrons. The van der Waals surface area contributed by atoms with Crippen LogP contribution in [0.5, 0.6) is 0 Å². The molecule has 3 nitrogen and oxygen atoms in total. The molecule has 0 bridgehead atoms. The second kappa shape index (κ2) is 4.28. The van der Waals surface area contributed by atoms with Crippen molar-refractivity contribution in [1.29, 1.82) is 0 Å². The van der Waals surface area contributed by atoms with Gasteiger partial charge in [-0.2, -0.15) is 0 Å². The van der Waals surface area contributed by atoms with Gasteiger partial charge in [0, 0.05) is 12.8 Å². The number of nitrogens with zero attached hydrogens (tertiary/aromatic N) is 1. The zero-order valence-electron chi connectivity index (χ0n) is 7.34. The van der Waals surface area contributed by atoms with E-state index in [4.69, 9.17) is 11.6 Å². The van der Waals surface area contributed by atoms with Gasteiger partial charge >= 0.3 is 5.97 Å². The lowest BCUT2D eigenvalue weighted by Crippen LogP contribution is -2.39. The molecule has 0 aromatic carbocycles. The zero-order chi connectivity index (χ0) is 9.02. The van der Waals surface area contributed by atoms with Crippen molar-refractivity contribution in [2.75, 3.05) is 6.54 Å². The summed E-state index contributed by atoms with van der Waals surface area (Å²) in [5.74, 6) is 5.26. The fourth-order valence-electron chi connectivity index (χ4n) is 0.648. The Morgan fingerprint density at radius 1 is 1.45 bits per heavy atom. The molecule has 0 aromatic rings. The highest BCUT2D eigenvalue weighted by atomic mass is 19.1. The first-order chi connectivity index (χ1) is 5.00. The van der Waals surface area contributed by atoms with Crippen LogP contribution in [-0.4, -0.2) is 23.2 Å². The molecule has 0 rings (SSSR count). The van der Waals surface area contributed by atoms with Gasteiger partial charge in [0.25, 0.3) is 0 Å². The Balaban J connectivity index is 4.33. The smallest absolute Gasteiger partial charge is 0.319 e. The maximum Gasteiger partial charge on any atom is 0.370 e. The third-order valence-electron chi connectivity index (χ3n) is 1.85. The number of hydrogen-bond acceptors (Lipinski definition) is 2. The summed E-state index contributed by atoms with van der Waals surface area (Å²) >= 11 is 0. The van der Waals surface area contributed by atoms with Crippen LogP contribution in [0.4, 0.5) is 4.39 Å². The van der Waals surface area contributed by atoms with Crippen LogP contribution in [0, 0.1) is 5.92 Å². The van der Waals surface area contributed by atoms with E-state index < -0.39 is 5.97 Å². The Morgan fingerprint density at radius 2 is 1.91 bits per heavy atom. The minimum Gasteiger partial charge on any atom is -0.319 e. The topological polar surface area (TPSA) is 55.0 Å². The van der Waals surface area contributed by atoms with Crippen molar-refractivity contribution in [3.05, 3.63) is 0 Å². The predicted octanol–water partition coefficient (Wildman–Crippen LogP) is 0.244. The van der Waals surface area contributed by atoms with E-state index in [0.717, 1.165) is 4.68 Å². The van der Waals surface area contributed by atoms with Gasteiger partial charge in [-0.25, -0.2) is 5.84 Å². The number of hydrogen-bond donors (Lipinski definition) is 2. The maximum atomic E-state index is 12.7. The van der Waals surface area contributed by atoms with E-state index in [0.29, 0.717) is 5.92 Å². The molecule has 0 heterocycles. The standard InChI is InChI=1S/C7H17FN3/c1-5(2)6(3)11(10)7(8)4-9/h5-6H,4,9-10H2,1-3H3/q+1/b11-7-/t6-/m1/s1. The molecule has 0 saturated heterocycles. The Labute approximate surface area is 66.8 Å². The molecule has 0 aliphatic carbocycles. The number of nitrogens with two attached hydrogens (primary N) is 2. The Hall–Kier alpha value is -0.640. The van der Waals surface area contributed by atoms with E-state index in [9.17, 15) is 4.39 Å². The Kier molecular flexibility index (Phi) is 4.03. The SMILES string of the molecule is CC(C)[C@@H](C)/[N+](N)=C(/F)CN. The Morgan fingerprint density at radius 3 is 2.18 bits per heavy atom. The number of hydrazine groups is 1. The second-order valence-electron chi connectivity index (χ2n) is 2.97. The van der Waals surface area contributed by atoms with Gasteiger partial charge in [0.2, 0.25) is 0 Å². The van der Waals surface area contributed by atoms with Crippen LogP contribution in [-0.2, 0) is 0 Å². The summed E-state index contributed by atoms with van der Waals surface area (Å²) in [6.45, 7) is 5.69. The van der Waals surface area contributed by atoms with Gasteiger partial charge in [-0.15, -0.1) is 4.39 Å². The maximum absolute atomic E-state index is 12.7. The van der Waals surface area contributed by atoms with Crippen molar-refractivity contribution in [1.82, 2.24) is 0 Å². The molecule has 0 fully saturated rings. The van der Waals surface area contributed by atoms with Crippen LogP contribution in [0.3, 0.4) is 0 Å². The minimum atomic E-state index is -0.466. The average molecular weight is 162 g/mol. The molecule has 0 amide bonds. The highest BCUT2D eigenvalue weighted by Gasteiger charge is 2.21. The zero-order valence-corrected chi connectivity index (χ0v) is 7.34. The molecule has 4 heteroatoms. The van der Waals surface area contributed by atoms with Crippen LogP contribution >= 0.6 is 0 Å². The van der Waals surface area contributed by atoms with Gasteiger partial charge in [0.15, 0.2) is 6.04 Å². The summed E-state index contributed by atoms with van der Waals surface area (Å²) in [4.78, 5) is 0.